The van der Waals surface area contributed by atoms with Crippen molar-refractivity contribution in [1.29, 1.82) is 0 Å². The highest BCUT2D eigenvalue weighted by Crippen LogP contribution is 2.23. The fourth-order valence-corrected chi connectivity index (χ4v) is 4.44. The molecule has 0 unspecified atom stereocenters. The lowest BCUT2D eigenvalue weighted by Crippen LogP contribution is -2.51. The average molecular weight is 494 g/mol. The minimum absolute atomic E-state index is 0.139. The van der Waals surface area contributed by atoms with Crippen molar-refractivity contribution >= 4 is 35.0 Å². The number of carbonyl (C=O) groups is 2. The summed E-state index contributed by atoms with van der Waals surface area (Å²) in [6, 6.07) is 17.7. The highest BCUT2D eigenvalue weighted by molar-refractivity contribution is 7.99. The Hall–Kier alpha value is -3.33. The van der Waals surface area contributed by atoms with Crippen LogP contribution in [-0.2, 0) is 16.0 Å². The van der Waals surface area contributed by atoms with Gasteiger partial charge in [-0.2, -0.15) is 0 Å². The molecule has 4 rings (SSSR count). The molecule has 1 saturated heterocycles. The standard InChI is InChI=1S/C26H31N5O3S/c1-26(2,3)24(33)31-15-13-30(14-16-31)21-11-9-20(10-12-21)27-22(32)18-35-25-29-28-23(34-25)17-19-7-5-4-6-8-19/h4-12H,13-18H2,1-3H3,(H,27,32). The summed E-state index contributed by atoms with van der Waals surface area (Å²) in [5.74, 6) is 0.762. The van der Waals surface area contributed by atoms with Crippen LogP contribution in [0, 0.1) is 5.41 Å². The van der Waals surface area contributed by atoms with Gasteiger partial charge >= 0.3 is 0 Å². The van der Waals surface area contributed by atoms with E-state index < -0.39 is 0 Å². The van der Waals surface area contributed by atoms with Gasteiger partial charge in [-0.3, -0.25) is 9.59 Å². The number of thioether (sulfide) groups is 1. The molecule has 1 aliphatic rings. The lowest BCUT2D eigenvalue weighted by Gasteiger charge is -2.38. The Balaban J connectivity index is 1.22. The number of nitrogens with zero attached hydrogens (tertiary/aromatic N) is 4. The molecule has 0 saturated carbocycles. The second kappa shape index (κ2) is 10.9. The maximum absolute atomic E-state index is 12.5. The smallest absolute Gasteiger partial charge is 0.277 e. The molecule has 1 aliphatic heterocycles. The third-order valence-corrected chi connectivity index (χ3v) is 6.52. The molecule has 0 spiro atoms. The van der Waals surface area contributed by atoms with E-state index in [4.69, 9.17) is 4.42 Å². The number of amides is 2. The molecule has 0 atom stereocenters. The molecule has 2 aromatic carbocycles. The summed E-state index contributed by atoms with van der Waals surface area (Å²) in [4.78, 5) is 29.1. The van der Waals surface area contributed by atoms with E-state index in [0.29, 0.717) is 30.6 Å². The molecule has 0 aliphatic carbocycles. The van der Waals surface area contributed by atoms with Crippen LogP contribution >= 0.6 is 11.8 Å². The van der Waals surface area contributed by atoms with E-state index in [9.17, 15) is 9.59 Å². The molecular weight excluding hydrogens is 462 g/mol. The van der Waals surface area contributed by atoms with Crippen molar-refractivity contribution in [2.24, 2.45) is 5.41 Å². The minimum Gasteiger partial charge on any atom is -0.416 e. The van der Waals surface area contributed by atoms with E-state index in [0.717, 1.165) is 30.0 Å². The SMILES string of the molecule is CC(C)(C)C(=O)N1CCN(c2ccc(NC(=O)CSc3nnc(Cc4ccccc4)o3)cc2)CC1. The molecular formula is C26H31N5O3S. The van der Waals surface area contributed by atoms with Crippen molar-refractivity contribution in [3.63, 3.8) is 0 Å². The summed E-state index contributed by atoms with van der Waals surface area (Å²) in [6.07, 6.45) is 0.564. The molecule has 0 radical (unpaired) electrons. The predicted molar refractivity (Wildman–Crippen MR) is 138 cm³/mol. The summed E-state index contributed by atoms with van der Waals surface area (Å²) >= 11 is 1.22. The maximum atomic E-state index is 12.5. The number of benzene rings is 2. The van der Waals surface area contributed by atoms with Gasteiger partial charge in [0.05, 0.1) is 12.2 Å². The highest BCUT2D eigenvalue weighted by atomic mass is 32.2. The number of hydrogen-bond donors (Lipinski definition) is 1. The van der Waals surface area contributed by atoms with Crippen molar-refractivity contribution in [3.05, 3.63) is 66.1 Å². The number of hydrogen-bond acceptors (Lipinski definition) is 7. The Morgan fingerprint density at radius 3 is 2.31 bits per heavy atom. The first-order valence-corrected chi connectivity index (χ1v) is 12.7. The van der Waals surface area contributed by atoms with E-state index in [2.05, 4.69) is 20.4 Å². The topological polar surface area (TPSA) is 91.6 Å². The Morgan fingerprint density at radius 2 is 1.66 bits per heavy atom. The van der Waals surface area contributed by atoms with Crippen molar-refractivity contribution < 1.29 is 14.0 Å². The average Bonchev–Trinajstić information content (AvgIpc) is 3.30. The van der Waals surface area contributed by atoms with Crippen LogP contribution in [0.4, 0.5) is 11.4 Å². The highest BCUT2D eigenvalue weighted by Gasteiger charge is 2.29. The second-order valence-corrected chi connectivity index (χ2v) is 10.5. The summed E-state index contributed by atoms with van der Waals surface area (Å²) in [7, 11) is 0. The van der Waals surface area contributed by atoms with Gasteiger partial charge in [0, 0.05) is 43.0 Å². The van der Waals surface area contributed by atoms with Crippen molar-refractivity contribution in [2.75, 3.05) is 42.1 Å². The number of nitrogens with one attached hydrogen (secondary N) is 1. The molecule has 184 valence electrons. The van der Waals surface area contributed by atoms with Gasteiger partial charge < -0.3 is 19.5 Å². The van der Waals surface area contributed by atoms with E-state index in [1.54, 1.807) is 0 Å². The van der Waals surface area contributed by atoms with Gasteiger partial charge in [0.2, 0.25) is 17.7 Å². The van der Waals surface area contributed by atoms with Crippen LogP contribution in [0.15, 0.2) is 64.2 Å². The van der Waals surface area contributed by atoms with Gasteiger partial charge in [-0.1, -0.05) is 62.9 Å². The Morgan fingerprint density at radius 1 is 0.971 bits per heavy atom. The normalized spacial score (nSPS) is 14.1. The summed E-state index contributed by atoms with van der Waals surface area (Å²) in [5.41, 5.74) is 2.55. The molecule has 9 heteroatoms. The molecule has 1 aromatic heterocycles. The van der Waals surface area contributed by atoms with Crippen LogP contribution in [0.3, 0.4) is 0 Å². The maximum Gasteiger partial charge on any atom is 0.277 e. The molecule has 0 bridgehead atoms. The van der Waals surface area contributed by atoms with Crippen LogP contribution in [-0.4, -0.2) is 58.8 Å². The van der Waals surface area contributed by atoms with Crippen molar-refractivity contribution in [1.82, 2.24) is 15.1 Å². The number of anilines is 2. The zero-order valence-electron chi connectivity index (χ0n) is 20.4. The van der Waals surface area contributed by atoms with E-state index in [1.165, 1.54) is 11.8 Å². The first-order chi connectivity index (χ1) is 16.8. The van der Waals surface area contributed by atoms with Gasteiger partial charge in [0.15, 0.2) is 0 Å². The van der Waals surface area contributed by atoms with Gasteiger partial charge in [0.25, 0.3) is 5.22 Å². The third kappa shape index (κ3) is 6.85. The van der Waals surface area contributed by atoms with Crippen LogP contribution in [0.1, 0.15) is 32.2 Å². The Bertz CT molecular complexity index is 1130. The largest absolute Gasteiger partial charge is 0.416 e. The van der Waals surface area contributed by atoms with Gasteiger partial charge in [-0.25, -0.2) is 0 Å². The quantitative estimate of drug-likeness (QED) is 0.496. The molecule has 3 aromatic rings. The number of rotatable bonds is 7. The fraction of sp³-hybridized carbons (Fsp3) is 0.385. The molecule has 35 heavy (non-hydrogen) atoms. The first kappa shape index (κ1) is 24.8. The first-order valence-electron chi connectivity index (χ1n) is 11.7. The Kier molecular flexibility index (Phi) is 7.75. The number of piperazine rings is 1. The van der Waals surface area contributed by atoms with E-state index in [1.807, 2.05) is 80.3 Å². The predicted octanol–water partition coefficient (Wildman–Crippen LogP) is 4.09. The zero-order chi connectivity index (χ0) is 24.8. The number of carbonyl (C=O) groups excluding carboxylic acids is 2. The second-order valence-electron chi connectivity index (χ2n) is 9.54. The fourth-order valence-electron chi connectivity index (χ4n) is 3.86. The molecule has 1 fully saturated rings. The minimum atomic E-state index is -0.353. The van der Waals surface area contributed by atoms with Crippen molar-refractivity contribution in [2.45, 2.75) is 32.4 Å². The van der Waals surface area contributed by atoms with Crippen molar-refractivity contribution in [3.8, 4) is 0 Å². The van der Waals surface area contributed by atoms with Gasteiger partial charge in [0.1, 0.15) is 0 Å². The van der Waals surface area contributed by atoms with Crippen LogP contribution in [0.5, 0.6) is 0 Å². The lowest BCUT2D eigenvalue weighted by molar-refractivity contribution is -0.139. The Labute approximate surface area is 210 Å². The van der Waals surface area contributed by atoms with E-state index in [-0.39, 0.29) is 23.0 Å². The van der Waals surface area contributed by atoms with Gasteiger partial charge in [-0.15, -0.1) is 10.2 Å². The van der Waals surface area contributed by atoms with E-state index >= 15 is 0 Å². The van der Waals surface area contributed by atoms with Gasteiger partial charge in [-0.05, 0) is 29.8 Å². The summed E-state index contributed by atoms with van der Waals surface area (Å²) in [5, 5.41) is 11.4. The summed E-state index contributed by atoms with van der Waals surface area (Å²) < 4.78 is 5.64. The number of aromatic nitrogens is 2. The molecule has 2 heterocycles. The lowest BCUT2D eigenvalue weighted by atomic mass is 9.94. The molecule has 8 nitrogen and oxygen atoms in total. The zero-order valence-corrected chi connectivity index (χ0v) is 21.2. The van der Waals surface area contributed by atoms with Crippen LogP contribution in [0.2, 0.25) is 0 Å². The third-order valence-electron chi connectivity index (χ3n) is 5.70. The molecule has 1 N–H and O–H groups in total. The molecule has 2 amide bonds. The summed E-state index contributed by atoms with van der Waals surface area (Å²) in [6.45, 7) is 8.89. The monoisotopic (exact) mass is 493 g/mol. The van der Waals surface area contributed by atoms with Crippen LogP contribution < -0.4 is 10.2 Å². The van der Waals surface area contributed by atoms with Crippen LogP contribution in [0.25, 0.3) is 0 Å².